The fourth-order valence-electron chi connectivity index (χ4n) is 3.72. The molecule has 9 heteroatoms. The molecule has 33 heavy (non-hydrogen) atoms. The second kappa shape index (κ2) is 9.09. The lowest BCUT2D eigenvalue weighted by atomic mass is 10.1. The van der Waals surface area contributed by atoms with Crippen LogP contribution >= 0.6 is 0 Å². The Kier molecular flexibility index (Phi) is 5.69. The van der Waals surface area contributed by atoms with Crippen molar-refractivity contribution in [3.63, 3.8) is 0 Å². The van der Waals surface area contributed by atoms with Crippen LogP contribution in [-0.4, -0.2) is 52.4 Å². The zero-order chi connectivity index (χ0) is 22.6. The first-order valence-electron chi connectivity index (χ1n) is 10.6. The van der Waals surface area contributed by atoms with E-state index in [0.717, 1.165) is 43.1 Å². The molecule has 2 aromatic carbocycles. The summed E-state index contributed by atoms with van der Waals surface area (Å²) in [5.74, 6) is 0.202. The van der Waals surface area contributed by atoms with Crippen LogP contribution in [0.3, 0.4) is 0 Å². The van der Waals surface area contributed by atoms with Crippen LogP contribution in [0.25, 0.3) is 22.3 Å². The minimum absolute atomic E-state index is 0.271. The van der Waals surface area contributed by atoms with E-state index in [4.69, 9.17) is 4.74 Å². The number of aromatic nitrogens is 4. The topological polar surface area (TPSA) is 108 Å². The maximum atomic E-state index is 11.6. The molecule has 0 saturated carbocycles. The average Bonchev–Trinajstić information content (AvgIpc) is 3.28. The molecule has 1 fully saturated rings. The van der Waals surface area contributed by atoms with Gasteiger partial charge < -0.3 is 20.3 Å². The van der Waals surface area contributed by atoms with Gasteiger partial charge >= 0.3 is 0 Å². The summed E-state index contributed by atoms with van der Waals surface area (Å²) in [6.07, 6.45) is 2.93. The number of H-pyrrole nitrogens is 1. The highest BCUT2D eigenvalue weighted by molar-refractivity contribution is 5.99. The fourth-order valence-corrected chi connectivity index (χ4v) is 3.72. The molecule has 2 aromatic heterocycles. The zero-order valence-electron chi connectivity index (χ0n) is 17.9. The molecule has 1 aliphatic rings. The number of morpholine rings is 1. The van der Waals surface area contributed by atoms with E-state index in [9.17, 15) is 4.79 Å². The summed E-state index contributed by atoms with van der Waals surface area (Å²) in [7, 11) is 0. The molecule has 1 amide bonds. The third kappa shape index (κ3) is 4.53. The van der Waals surface area contributed by atoms with Gasteiger partial charge in [0, 0.05) is 35.7 Å². The minimum Gasteiger partial charge on any atom is -0.378 e. The minimum atomic E-state index is -0.271. The fraction of sp³-hybridized carbons (Fsp3) is 0.167. The van der Waals surface area contributed by atoms with E-state index >= 15 is 0 Å². The quantitative estimate of drug-likeness (QED) is 0.391. The van der Waals surface area contributed by atoms with E-state index in [0.29, 0.717) is 22.8 Å². The van der Waals surface area contributed by atoms with E-state index in [2.05, 4.69) is 54.4 Å². The largest absolute Gasteiger partial charge is 0.378 e. The van der Waals surface area contributed by atoms with Crippen molar-refractivity contribution in [3.8, 4) is 11.3 Å². The molecular formula is C24H23N7O2. The zero-order valence-corrected chi connectivity index (χ0v) is 17.9. The van der Waals surface area contributed by atoms with Crippen molar-refractivity contribution < 1.29 is 9.53 Å². The number of ether oxygens (including phenoxy) is 1. The van der Waals surface area contributed by atoms with E-state index < -0.39 is 0 Å². The Morgan fingerprint density at radius 1 is 1.12 bits per heavy atom. The predicted octanol–water partition coefficient (Wildman–Crippen LogP) is 3.72. The van der Waals surface area contributed by atoms with Gasteiger partial charge in [-0.15, -0.1) is 0 Å². The number of anilines is 4. The van der Waals surface area contributed by atoms with Gasteiger partial charge in [-0.25, -0.2) is 9.97 Å². The number of rotatable bonds is 6. The summed E-state index contributed by atoms with van der Waals surface area (Å²) >= 11 is 0. The molecule has 0 atom stereocenters. The number of nitrogens with zero attached hydrogens (tertiary/aromatic N) is 4. The molecule has 0 spiro atoms. The molecule has 3 heterocycles. The third-order valence-electron chi connectivity index (χ3n) is 5.39. The first-order valence-corrected chi connectivity index (χ1v) is 10.6. The van der Waals surface area contributed by atoms with Crippen molar-refractivity contribution in [2.75, 3.05) is 41.8 Å². The SMILES string of the molecule is C=CC(=O)Nc1cccc(-c2n[nH]c3cnc(Nc4ccc(N5CCOCC5)cc4)nc23)c1. The predicted molar refractivity (Wildman–Crippen MR) is 129 cm³/mol. The number of hydrogen-bond donors (Lipinski definition) is 3. The van der Waals surface area contributed by atoms with Gasteiger partial charge in [0.1, 0.15) is 16.7 Å². The van der Waals surface area contributed by atoms with Gasteiger partial charge in [-0.3, -0.25) is 9.89 Å². The second-order valence-electron chi connectivity index (χ2n) is 7.57. The van der Waals surface area contributed by atoms with Gasteiger partial charge in [0.15, 0.2) is 0 Å². The maximum absolute atomic E-state index is 11.6. The van der Waals surface area contributed by atoms with Crippen molar-refractivity contribution in [1.29, 1.82) is 0 Å². The molecule has 0 aliphatic carbocycles. The molecule has 0 bridgehead atoms. The first kappa shape index (κ1) is 20.7. The summed E-state index contributed by atoms with van der Waals surface area (Å²) in [6, 6.07) is 15.6. The molecule has 1 aliphatic heterocycles. The van der Waals surface area contributed by atoms with Gasteiger partial charge in [-0.1, -0.05) is 18.7 Å². The van der Waals surface area contributed by atoms with Crippen molar-refractivity contribution in [2.24, 2.45) is 0 Å². The van der Waals surface area contributed by atoms with Gasteiger partial charge in [-0.05, 0) is 42.5 Å². The van der Waals surface area contributed by atoms with E-state index in [1.165, 1.54) is 11.8 Å². The van der Waals surface area contributed by atoms with Crippen LogP contribution in [0, 0.1) is 0 Å². The molecule has 3 N–H and O–H groups in total. The number of carbonyl (C=O) groups is 1. The number of aromatic amines is 1. The Hall–Kier alpha value is -4.24. The lowest BCUT2D eigenvalue weighted by Crippen LogP contribution is -2.36. The smallest absolute Gasteiger partial charge is 0.247 e. The van der Waals surface area contributed by atoms with E-state index in [1.54, 1.807) is 6.20 Å². The highest BCUT2D eigenvalue weighted by Crippen LogP contribution is 2.28. The Bertz CT molecular complexity index is 1290. The average molecular weight is 441 g/mol. The Balaban J connectivity index is 1.38. The van der Waals surface area contributed by atoms with E-state index in [1.807, 2.05) is 36.4 Å². The highest BCUT2D eigenvalue weighted by atomic mass is 16.5. The summed E-state index contributed by atoms with van der Waals surface area (Å²) < 4.78 is 5.42. The van der Waals surface area contributed by atoms with Gasteiger partial charge in [-0.2, -0.15) is 5.10 Å². The third-order valence-corrected chi connectivity index (χ3v) is 5.39. The summed E-state index contributed by atoms with van der Waals surface area (Å²) in [6.45, 7) is 6.78. The molecule has 0 unspecified atom stereocenters. The van der Waals surface area contributed by atoms with Crippen LogP contribution in [0.15, 0.2) is 67.4 Å². The number of nitrogens with one attached hydrogen (secondary N) is 3. The Morgan fingerprint density at radius 3 is 2.73 bits per heavy atom. The molecule has 4 aromatic rings. The lowest BCUT2D eigenvalue weighted by molar-refractivity contribution is -0.111. The van der Waals surface area contributed by atoms with Crippen LogP contribution in [0.2, 0.25) is 0 Å². The first-order chi connectivity index (χ1) is 16.2. The summed E-state index contributed by atoms with van der Waals surface area (Å²) in [4.78, 5) is 23.0. The van der Waals surface area contributed by atoms with Crippen LogP contribution in [-0.2, 0) is 9.53 Å². The molecule has 1 saturated heterocycles. The van der Waals surface area contributed by atoms with Crippen LogP contribution < -0.4 is 15.5 Å². The van der Waals surface area contributed by atoms with Crippen LogP contribution in [0.1, 0.15) is 0 Å². The lowest BCUT2D eigenvalue weighted by Gasteiger charge is -2.28. The molecule has 0 radical (unpaired) electrons. The van der Waals surface area contributed by atoms with E-state index in [-0.39, 0.29) is 5.91 Å². The van der Waals surface area contributed by atoms with Gasteiger partial charge in [0.2, 0.25) is 11.9 Å². The van der Waals surface area contributed by atoms with Crippen molar-refractivity contribution in [1.82, 2.24) is 20.2 Å². The molecule has 166 valence electrons. The van der Waals surface area contributed by atoms with Crippen LogP contribution in [0.4, 0.5) is 23.0 Å². The van der Waals surface area contributed by atoms with Crippen LogP contribution in [0.5, 0.6) is 0 Å². The summed E-state index contributed by atoms with van der Waals surface area (Å²) in [5, 5.41) is 13.4. The number of carbonyl (C=O) groups excluding carboxylic acids is 1. The Morgan fingerprint density at radius 2 is 1.94 bits per heavy atom. The number of amides is 1. The van der Waals surface area contributed by atoms with Crippen molar-refractivity contribution in [3.05, 3.63) is 67.4 Å². The normalized spacial score (nSPS) is 13.6. The number of hydrogen-bond acceptors (Lipinski definition) is 7. The standard InChI is InChI=1S/C24H23N7O2/c1-2-21(32)26-18-5-3-4-16(14-18)22-23-20(29-30-22)15-25-24(28-23)27-17-6-8-19(9-7-17)31-10-12-33-13-11-31/h2-9,14-15H,1,10-13H2,(H,26,32)(H,29,30)(H,25,27,28). The molecular weight excluding hydrogens is 418 g/mol. The van der Waals surface area contributed by atoms with Gasteiger partial charge in [0.05, 0.1) is 19.4 Å². The van der Waals surface area contributed by atoms with Crippen molar-refractivity contribution in [2.45, 2.75) is 0 Å². The monoisotopic (exact) mass is 441 g/mol. The number of fused-ring (bicyclic) bond motifs is 1. The maximum Gasteiger partial charge on any atom is 0.247 e. The van der Waals surface area contributed by atoms with Crippen molar-refractivity contribution >= 4 is 40.0 Å². The second-order valence-corrected chi connectivity index (χ2v) is 7.57. The van der Waals surface area contributed by atoms with Gasteiger partial charge in [0.25, 0.3) is 0 Å². The molecule has 5 rings (SSSR count). The summed E-state index contributed by atoms with van der Waals surface area (Å²) in [5.41, 5.74) is 5.62. The highest BCUT2D eigenvalue weighted by Gasteiger charge is 2.13. The number of benzene rings is 2. The molecule has 9 nitrogen and oxygen atoms in total. The Labute approximate surface area is 190 Å².